The van der Waals surface area contributed by atoms with Gasteiger partial charge in [0.2, 0.25) is 0 Å². The van der Waals surface area contributed by atoms with Crippen LogP contribution in [0, 0.1) is 0 Å². The SMILES string of the molecule is COc1cc(Nc2nccnc2C(N)=S)c(Br)cc1Br. The number of thiocarbonyl (C=S) groups is 1. The molecule has 104 valence electrons. The lowest BCUT2D eigenvalue weighted by molar-refractivity contribution is 0.412. The highest BCUT2D eigenvalue weighted by Gasteiger charge is 2.12. The van der Waals surface area contributed by atoms with E-state index >= 15 is 0 Å². The third kappa shape index (κ3) is 3.25. The van der Waals surface area contributed by atoms with Crippen LogP contribution in [0.25, 0.3) is 0 Å². The van der Waals surface area contributed by atoms with Crippen molar-refractivity contribution in [3.05, 3.63) is 39.2 Å². The maximum absolute atomic E-state index is 5.63. The van der Waals surface area contributed by atoms with Crippen molar-refractivity contribution in [2.75, 3.05) is 12.4 Å². The zero-order valence-electron chi connectivity index (χ0n) is 10.4. The van der Waals surface area contributed by atoms with E-state index in [-0.39, 0.29) is 4.99 Å². The van der Waals surface area contributed by atoms with Crippen LogP contribution in [0.15, 0.2) is 33.5 Å². The molecule has 0 bridgehead atoms. The van der Waals surface area contributed by atoms with Crippen LogP contribution in [0.3, 0.4) is 0 Å². The largest absolute Gasteiger partial charge is 0.495 e. The minimum atomic E-state index is 0.181. The molecule has 0 saturated heterocycles. The summed E-state index contributed by atoms with van der Waals surface area (Å²) in [6.07, 6.45) is 3.10. The quantitative estimate of drug-likeness (QED) is 0.742. The summed E-state index contributed by atoms with van der Waals surface area (Å²) in [4.78, 5) is 8.50. The third-order valence-corrected chi connectivity index (χ3v) is 3.90. The topological polar surface area (TPSA) is 73.1 Å². The van der Waals surface area contributed by atoms with E-state index in [4.69, 9.17) is 22.7 Å². The van der Waals surface area contributed by atoms with E-state index < -0.39 is 0 Å². The van der Waals surface area contributed by atoms with Crippen LogP contribution in [0.2, 0.25) is 0 Å². The molecular weight excluding hydrogens is 408 g/mol. The Morgan fingerprint density at radius 1 is 1.25 bits per heavy atom. The molecule has 0 unspecified atom stereocenters. The van der Waals surface area contributed by atoms with Gasteiger partial charge in [-0.05, 0) is 37.9 Å². The first-order chi connectivity index (χ1) is 9.52. The first-order valence-electron chi connectivity index (χ1n) is 5.43. The van der Waals surface area contributed by atoms with Crippen LogP contribution in [0.5, 0.6) is 5.75 Å². The van der Waals surface area contributed by atoms with Crippen LogP contribution in [0.4, 0.5) is 11.5 Å². The summed E-state index contributed by atoms with van der Waals surface area (Å²) in [5, 5.41) is 3.14. The molecule has 8 heteroatoms. The molecule has 2 rings (SSSR count). The Morgan fingerprint density at radius 3 is 2.60 bits per heavy atom. The molecule has 1 aromatic carbocycles. The van der Waals surface area contributed by atoms with Gasteiger partial charge in [0.25, 0.3) is 0 Å². The molecule has 0 aliphatic rings. The normalized spacial score (nSPS) is 10.2. The predicted octanol–water partition coefficient (Wildman–Crippen LogP) is 3.39. The summed E-state index contributed by atoms with van der Waals surface area (Å²) in [7, 11) is 1.60. The van der Waals surface area contributed by atoms with Crippen molar-refractivity contribution in [3.8, 4) is 5.75 Å². The van der Waals surface area contributed by atoms with Gasteiger partial charge in [0.15, 0.2) is 5.82 Å². The number of nitrogens with zero attached hydrogens (tertiary/aromatic N) is 2. The number of nitrogens with one attached hydrogen (secondary N) is 1. The predicted molar refractivity (Wildman–Crippen MR) is 89.6 cm³/mol. The van der Waals surface area contributed by atoms with Crippen LogP contribution >= 0.6 is 44.1 Å². The summed E-state index contributed by atoms with van der Waals surface area (Å²) >= 11 is 11.8. The lowest BCUT2D eigenvalue weighted by Gasteiger charge is -2.13. The van der Waals surface area contributed by atoms with Crippen LogP contribution in [-0.2, 0) is 0 Å². The fourth-order valence-corrected chi connectivity index (χ4v) is 2.92. The second-order valence-electron chi connectivity index (χ2n) is 3.71. The second-order valence-corrected chi connectivity index (χ2v) is 5.86. The Balaban J connectivity index is 2.42. The molecule has 5 nitrogen and oxygen atoms in total. The zero-order chi connectivity index (χ0) is 14.7. The molecular formula is C12H10Br2N4OS. The van der Waals surface area contributed by atoms with Gasteiger partial charge in [-0.2, -0.15) is 0 Å². The fraction of sp³-hybridized carbons (Fsp3) is 0.0833. The van der Waals surface area contributed by atoms with Gasteiger partial charge in [-0.25, -0.2) is 9.97 Å². The maximum Gasteiger partial charge on any atom is 0.159 e. The third-order valence-electron chi connectivity index (χ3n) is 2.43. The van der Waals surface area contributed by atoms with Crippen molar-refractivity contribution < 1.29 is 4.74 Å². The summed E-state index contributed by atoms with van der Waals surface area (Å²) < 4.78 is 6.94. The van der Waals surface area contributed by atoms with Crippen molar-refractivity contribution in [2.24, 2.45) is 5.73 Å². The molecule has 0 saturated carbocycles. The van der Waals surface area contributed by atoms with Gasteiger partial charge in [-0.15, -0.1) is 0 Å². The summed E-state index contributed by atoms with van der Waals surface area (Å²) in [5.74, 6) is 1.18. The van der Waals surface area contributed by atoms with Gasteiger partial charge in [0, 0.05) is 22.9 Å². The maximum atomic E-state index is 5.63. The molecule has 1 heterocycles. The number of anilines is 2. The lowest BCUT2D eigenvalue weighted by Crippen LogP contribution is -2.15. The van der Waals surface area contributed by atoms with Crippen LogP contribution < -0.4 is 15.8 Å². The monoisotopic (exact) mass is 416 g/mol. The van der Waals surface area contributed by atoms with E-state index in [1.54, 1.807) is 13.3 Å². The molecule has 20 heavy (non-hydrogen) atoms. The standard InChI is InChI=1S/C12H10Br2N4OS/c1-19-9-5-8(6(13)4-7(9)14)18-12-10(11(15)20)16-2-3-17-12/h2-5H,1H3,(H2,15,20)(H,17,18). The molecule has 0 radical (unpaired) electrons. The molecule has 0 atom stereocenters. The molecule has 0 spiro atoms. The minimum Gasteiger partial charge on any atom is -0.495 e. The van der Waals surface area contributed by atoms with Crippen molar-refractivity contribution in [1.82, 2.24) is 9.97 Å². The van der Waals surface area contributed by atoms with Gasteiger partial charge in [-0.1, -0.05) is 12.2 Å². The molecule has 0 aliphatic carbocycles. The number of aromatic nitrogens is 2. The molecule has 1 aromatic heterocycles. The number of nitrogens with two attached hydrogens (primary N) is 1. The number of hydrogen-bond donors (Lipinski definition) is 2. The molecule has 0 amide bonds. The van der Waals surface area contributed by atoms with Gasteiger partial charge in [0.05, 0.1) is 17.3 Å². The van der Waals surface area contributed by atoms with Gasteiger partial charge >= 0.3 is 0 Å². The lowest BCUT2D eigenvalue weighted by atomic mass is 10.3. The Morgan fingerprint density at radius 2 is 1.95 bits per heavy atom. The van der Waals surface area contributed by atoms with Gasteiger partial charge in [-0.3, -0.25) is 0 Å². The zero-order valence-corrected chi connectivity index (χ0v) is 14.3. The van der Waals surface area contributed by atoms with E-state index in [1.165, 1.54) is 6.20 Å². The van der Waals surface area contributed by atoms with Crippen LogP contribution in [0.1, 0.15) is 5.69 Å². The van der Waals surface area contributed by atoms with E-state index in [1.807, 2.05) is 12.1 Å². The van der Waals surface area contributed by atoms with E-state index in [0.29, 0.717) is 17.3 Å². The number of ether oxygens (including phenoxy) is 1. The van der Waals surface area contributed by atoms with Gasteiger partial charge in [0.1, 0.15) is 16.4 Å². The van der Waals surface area contributed by atoms with Crippen molar-refractivity contribution in [2.45, 2.75) is 0 Å². The highest BCUT2D eigenvalue weighted by molar-refractivity contribution is 9.11. The Labute approximate surface area is 138 Å². The Bertz CT molecular complexity index is 666. The number of methoxy groups -OCH3 is 1. The van der Waals surface area contributed by atoms with E-state index in [9.17, 15) is 0 Å². The van der Waals surface area contributed by atoms with Gasteiger partial charge < -0.3 is 15.8 Å². The Hall–Kier alpha value is -1.25. The fourth-order valence-electron chi connectivity index (χ4n) is 1.52. The van der Waals surface area contributed by atoms with Crippen molar-refractivity contribution >= 4 is 60.6 Å². The molecule has 2 aromatic rings. The van der Waals surface area contributed by atoms with E-state index in [2.05, 4.69) is 47.1 Å². The summed E-state index contributed by atoms with van der Waals surface area (Å²) in [6.45, 7) is 0. The second kappa shape index (κ2) is 6.47. The summed E-state index contributed by atoms with van der Waals surface area (Å²) in [6, 6.07) is 3.70. The summed E-state index contributed by atoms with van der Waals surface area (Å²) in [5.41, 5.74) is 6.84. The smallest absolute Gasteiger partial charge is 0.159 e. The van der Waals surface area contributed by atoms with Crippen molar-refractivity contribution in [1.29, 1.82) is 0 Å². The average Bonchev–Trinajstić information content (AvgIpc) is 2.42. The highest BCUT2D eigenvalue weighted by atomic mass is 79.9. The molecule has 0 fully saturated rings. The first kappa shape index (κ1) is 15.1. The number of rotatable bonds is 4. The minimum absolute atomic E-state index is 0.181. The number of benzene rings is 1. The van der Waals surface area contributed by atoms with Crippen LogP contribution in [-0.4, -0.2) is 22.1 Å². The highest BCUT2D eigenvalue weighted by Crippen LogP contribution is 2.35. The molecule has 0 aliphatic heterocycles. The number of hydrogen-bond acceptors (Lipinski definition) is 5. The van der Waals surface area contributed by atoms with Crippen molar-refractivity contribution in [3.63, 3.8) is 0 Å². The average molecular weight is 418 g/mol. The number of halogens is 2. The van der Waals surface area contributed by atoms with E-state index in [0.717, 1.165) is 14.6 Å². The Kier molecular flexibility index (Phi) is 4.90. The first-order valence-corrected chi connectivity index (χ1v) is 7.43. The molecule has 3 N–H and O–H groups in total.